The van der Waals surface area contributed by atoms with Crippen LogP contribution in [0, 0.1) is 13.8 Å². The van der Waals surface area contributed by atoms with Crippen LogP contribution >= 0.6 is 11.3 Å². The van der Waals surface area contributed by atoms with Gasteiger partial charge >= 0.3 is 0 Å². The van der Waals surface area contributed by atoms with Crippen molar-refractivity contribution in [1.29, 1.82) is 0 Å². The first-order chi connectivity index (χ1) is 35.9. The molecule has 1 aromatic heterocycles. The molecule has 0 saturated carbocycles. The van der Waals surface area contributed by atoms with Crippen molar-refractivity contribution in [3.05, 3.63) is 140 Å². The predicted octanol–water partition coefficient (Wildman–Crippen LogP) is 21.6. The van der Waals surface area contributed by atoms with Gasteiger partial charge in [-0.05, 0) is 148 Å². The van der Waals surface area contributed by atoms with E-state index < -0.39 is 5.41 Å². The average Bonchev–Trinajstić information content (AvgIpc) is 4.17. The van der Waals surface area contributed by atoms with Gasteiger partial charge in [0.25, 0.3) is 0 Å². The van der Waals surface area contributed by atoms with Gasteiger partial charge in [-0.2, -0.15) is 0 Å². The average molecular weight is 996 g/mol. The summed E-state index contributed by atoms with van der Waals surface area (Å²) in [5.41, 5.74) is 20.5. The molecule has 0 amide bonds. The quantitative estimate of drug-likeness (QED) is 0.0404. The molecule has 0 saturated heterocycles. The molecule has 1 heterocycles. The minimum absolute atomic E-state index is 0.0327. The maximum absolute atomic E-state index is 6.93. The fraction of sp³-hybridized carbons (Fsp3) is 0.514. The molecule has 1 atom stereocenters. The van der Waals surface area contributed by atoms with Crippen molar-refractivity contribution < 1.29 is 9.47 Å². The number of ether oxygens (including phenoxy) is 2. The van der Waals surface area contributed by atoms with Crippen molar-refractivity contribution in [3.8, 4) is 56.0 Å². The third-order valence-electron chi connectivity index (χ3n) is 17.4. The second-order valence-corrected chi connectivity index (χ2v) is 23.6. The van der Waals surface area contributed by atoms with E-state index in [2.05, 4.69) is 138 Å². The molecular weight excluding hydrogens is 905 g/mol. The first kappa shape index (κ1) is 53.2. The summed E-state index contributed by atoms with van der Waals surface area (Å²) in [6.07, 6.45) is 33.3. The van der Waals surface area contributed by atoms with Gasteiger partial charge in [0, 0.05) is 10.3 Å². The van der Waals surface area contributed by atoms with E-state index in [9.17, 15) is 0 Å². The van der Waals surface area contributed by atoms with Crippen LogP contribution in [-0.2, 0) is 10.8 Å². The SMILES string of the molecule is CCCCCCCCOc1cc2c(cc1OCCCCCCCC)[C@@]1(c3cc(C)ccc3-c3ccc(-c4ccc5c(c4)C(CCCCCCCC)(CCCCCCCC)c4cc(C)ccc4-5)cc31)c1sccc1-2. The summed E-state index contributed by atoms with van der Waals surface area (Å²) >= 11 is 1.93. The summed E-state index contributed by atoms with van der Waals surface area (Å²) in [7, 11) is 0. The van der Waals surface area contributed by atoms with Gasteiger partial charge < -0.3 is 9.47 Å². The molecule has 3 aliphatic carbocycles. The molecule has 388 valence electrons. The van der Waals surface area contributed by atoms with E-state index in [1.165, 1.54) is 231 Å². The van der Waals surface area contributed by atoms with Crippen molar-refractivity contribution in [3.63, 3.8) is 0 Å². The first-order valence-corrected chi connectivity index (χ1v) is 30.8. The molecule has 0 aliphatic heterocycles. The molecule has 0 fully saturated rings. The van der Waals surface area contributed by atoms with Crippen LogP contribution in [0.3, 0.4) is 0 Å². The fourth-order valence-corrected chi connectivity index (χ4v) is 14.6. The van der Waals surface area contributed by atoms with Gasteiger partial charge in [0.05, 0.1) is 18.6 Å². The zero-order valence-electron chi connectivity index (χ0n) is 46.3. The Hall–Kier alpha value is -4.60. The van der Waals surface area contributed by atoms with Gasteiger partial charge in [-0.3, -0.25) is 0 Å². The van der Waals surface area contributed by atoms with Gasteiger partial charge in [0.15, 0.2) is 11.5 Å². The number of thiophene rings is 1. The highest BCUT2D eigenvalue weighted by Crippen LogP contribution is 2.66. The minimum Gasteiger partial charge on any atom is -0.490 e. The number of hydrogen-bond acceptors (Lipinski definition) is 3. The molecule has 0 radical (unpaired) electrons. The largest absolute Gasteiger partial charge is 0.490 e. The summed E-state index contributed by atoms with van der Waals surface area (Å²) in [5.74, 6) is 1.82. The lowest BCUT2D eigenvalue weighted by atomic mass is 9.70. The molecular formula is C70H90O2S. The van der Waals surface area contributed by atoms with Gasteiger partial charge in [0.1, 0.15) is 0 Å². The maximum Gasteiger partial charge on any atom is 0.161 e. The molecule has 9 rings (SSSR count). The van der Waals surface area contributed by atoms with E-state index >= 15 is 0 Å². The van der Waals surface area contributed by atoms with E-state index in [4.69, 9.17) is 9.47 Å². The van der Waals surface area contributed by atoms with Crippen LogP contribution in [0.1, 0.15) is 238 Å². The van der Waals surface area contributed by atoms with Crippen molar-refractivity contribution in [1.82, 2.24) is 0 Å². The van der Waals surface area contributed by atoms with E-state index in [1.54, 1.807) is 11.1 Å². The molecule has 5 aromatic carbocycles. The van der Waals surface area contributed by atoms with E-state index in [0.29, 0.717) is 6.61 Å². The lowest BCUT2D eigenvalue weighted by molar-refractivity contribution is 0.258. The van der Waals surface area contributed by atoms with Crippen LogP contribution in [0.5, 0.6) is 11.5 Å². The Balaban J connectivity index is 1.13. The van der Waals surface area contributed by atoms with Crippen LogP contribution in [-0.4, -0.2) is 13.2 Å². The Labute approximate surface area is 447 Å². The zero-order valence-corrected chi connectivity index (χ0v) is 47.1. The van der Waals surface area contributed by atoms with Gasteiger partial charge in [-0.25, -0.2) is 0 Å². The third-order valence-corrected chi connectivity index (χ3v) is 18.4. The van der Waals surface area contributed by atoms with Crippen LogP contribution in [0.4, 0.5) is 0 Å². The topological polar surface area (TPSA) is 18.5 Å². The highest BCUT2D eigenvalue weighted by atomic mass is 32.1. The monoisotopic (exact) mass is 995 g/mol. The molecule has 0 N–H and O–H groups in total. The smallest absolute Gasteiger partial charge is 0.161 e. The highest BCUT2D eigenvalue weighted by molar-refractivity contribution is 7.11. The fourth-order valence-electron chi connectivity index (χ4n) is 13.4. The lowest BCUT2D eigenvalue weighted by Gasteiger charge is -2.33. The number of hydrogen-bond donors (Lipinski definition) is 0. The van der Waals surface area contributed by atoms with Crippen LogP contribution < -0.4 is 9.47 Å². The Morgan fingerprint density at radius 1 is 0.356 bits per heavy atom. The summed E-state index contributed by atoms with van der Waals surface area (Å²) in [4.78, 5) is 1.43. The normalized spacial score (nSPS) is 15.3. The highest BCUT2D eigenvalue weighted by Gasteiger charge is 2.53. The molecule has 2 nitrogen and oxygen atoms in total. The standard InChI is InChI=1S/C70H90O2S/c1-7-11-15-19-23-27-40-69(41-28-24-20-16-12-8-2)61-45-51(5)31-35-55(61)56-37-33-53(47-62(56)69)54-34-38-58-57-36-32-52(6)46-63(57)70(64(58)48-54)65-50-67(72-43-30-26-22-18-14-10-4)66(71-42-29-25-21-17-13-9-3)49-60(65)59-39-44-73-68(59)70/h31-39,44-50H,7-30,40-43H2,1-6H3/t70-/m0/s1. The van der Waals surface area contributed by atoms with E-state index in [1.807, 2.05) is 11.3 Å². The molecule has 0 bridgehead atoms. The number of unbranched alkanes of at least 4 members (excludes halogenated alkanes) is 20. The van der Waals surface area contributed by atoms with E-state index in [0.717, 1.165) is 30.9 Å². The Kier molecular flexibility index (Phi) is 18.4. The van der Waals surface area contributed by atoms with Gasteiger partial charge in [0.2, 0.25) is 0 Å². The van der Waals surface area contributed by atoms with Crippen LogP contribution in [0.2, 0.25) is 0 Å². The van der Waals surface area contributed by atoms with E-state index in [-0.39, 0.29) is 5.41 Å². The molecule has 73 heavy (non-hydrogen) atoms. The summed E-state index contributed by atoms with van der Waals surface area (Å²) in [5, 5.41) is 2.33. The first-order valence-electron chi connectivity index (χ1n) is 29.9. The summed E-state index contributed by atoms with van der Waals surface area (Å²) in [6, 6.07) is 37.0. The number of benzene rings is 5. The molecule has 1 spiro atoms. The summed E-state index contributed by atoms with van der Waals surface area (Å²) in [6.45, 7) is 15.3. The third kappa shape index (κ3) is 11.1. The van der Waals surface area contributed by atoms with Crippen molar-refractivity contribution >= 4 is 11.3 Å². The second kappa shape index (κ2) is 25.3. The number of aryl methyl sites for hydroxylation is 2. The second-order valence-electron chi connectivity index (χ2n) is 22.7. The van der Waals surface area contributed by atoms with Crippen molar-refractivity contribution in [2.24, 2.45) is 0 Å². The zero-order chi connectivity index (χ0) is 50.6. The Morgan fingerprint density at radius 2 is 0.753 bits per heavy atom. The van der Waals surface area contributed by atoms with Gasteiger partial charge in [-0.1, -0.05) is 241 Å². The van der Waals surface area contributed by atoms with Crippen molar-refractivity contribution in [2.45, 2.75) is 219 Å². The molecule has 3 aliphatic rings. The van der Waals surface area contributed by atoms with Crippen LogP contribution in [0.15, 0.2) is 96.4 Å². The number of fused-ring (bicyclic) bond motifs is 13. The Bertz CT molecular complexity index is 2740. The molecule has 6 aromatic rings. The predicted molar refractivity (Wildman–Crippen MR) is 315 cm³/mol. The Morgan fingerprint density at radius 3 is 1.29 bits per heavy atom. The minimum atomic E-state index is -0.453. The van der Waals surface area contributed by atoms with Crippen molar-refractivity contribution in [2.75, 3.05) is 13.2 Å². The van der Waals surface area contributed by atoms with Gasteiger partial charge in [-0.15, -0.1) is 11.3 Å². The number of rotatable bonds is 31. The van der Waals surface area contributed by atoms with Crippen LogP contribution in [0.25, 0.3) is 44.5 Å². The molecule has 3 heteroatoms. The lowest BCUT2D eigenvalue weighted by Crippen LogP contribution is -2.26. The summed E-state index contributed by atoms with van der Waals surface area (Å²) < 4.78 is 13.7. The maximum atomic E-state index is 6.93. The molecule has 0 unspecified atom stereocenters.